The van der Waals surface area contributed by atoms with Crippen LogP contribution in [0.1, 0.15) is 18.9 Å². The Labute approximate surface area is 98.7 Å². The Morgan fingerprint density at radius 2 is 1.88 bits per heavy atom. The summed E-state index contributed by atoms with van der Waals surface area (Å²) in [6.07, 6.45) is 1.29. The van der Waals surface area contributed by atoms with Crippen LogP contribution < -0.4 is 10.2 Å². The summed E-state index contributed by atoms with van der Waals surface area (Å²) >= 11 is 0. The molecule has 1 aliphatic heterocycles. The predicted octanol–water partition coefficient (Wildman–Crippen LogP) is 2.43. The maximum Gasteiger partial charge on any atom is 0.0414 e. The van der Waals surface area contributed by atoms with Crippen LogP contribution in [0.25, 0.3) is 0 Å². The largest absolute Gasteiger partial charge is 0.370 e. The van der Waals surface area contributed by atoms with Crippen molar-refractivity contribution in [3.63, 3.8) is 0 Å². The van der Waals surface area contributed by atoms with Gasteiger partial charge in [0.1, 0.15) is 0 Å². The predicted molar refractivity (Wildman–Crippen MR) is 70.0 cm³/mol. The molecule has 2 heteroatoms. The SMILES string of the molecule is Cc1ccc(N(C)C2CNCC(C)C2)cc1. The lowest BCUT2D eigenvalue weighted by Crippen LogP contribution is -2.47. The highest BCUT2D eigenvalue weighted by molar-refractivity contribution is 5.47. The molecule has 16 heavy (non-hydrogen) atoms. The van der Waals surface area contributed by atoms with Crippen molar-refractivity contribution in [2.45, 2.75) is 26.3 Å². The summed E-state index contributed by atoms with van der Waals surface area (Å²) in [6.45, 7) is 6.73. The van der Waals surface area contributed by atoms with E-state index in [1.165, 1.54) is 17.7 Å². The van der Waals surface area contributed by atoms with Gasteiger partial charge in [-0.2, -0.15) is 0 Å². The van der Waals surface area contributed by atoms with E-state index in [4.69, 9.17) is 0 Å². The molecule has 0 bridgehead atoms. The highest BCUT2D eigenvalue weighted by Crippen LogP contribution is 2.21. The molecule has 1 fully saturated rings. The number of likely N-dealkylation sites (N-methyl/N-ethyl adjacent to an activating group) is 1. The minimum atomic E-state index is 0.631. The number of nitrogens with one attached hydrogen (secondary N) is 1. The second-order valence-electron chi connectivity index (χ2n) is 5.10. The van der Waals surface area contributed by atoms with Crippen LogP contribution in [0.15, 0.2) is 24.3 Å². The van der Waals surface area contributed by atoms with Crippen molar-refractivity contribution in [3.05, 3.63) is 29.8 Å². The molecule has 2 rings (SSSR count). The monoisotopic (exact) mass is 218 g/mol. The summed E-state index contributed by atoms with van der Waals surface area (Å²) < 4.78 is 0. The van der Waals surface area contributed by atoms with Crippen molar-refractivity contribution >= 4 is 5.69 Å². The van der Waals surface area contributed by atoms with Gasteiger partial charge in [-0.1, -0.05) is 24.6 Å². The molecule has 2 unspecified atom stereocenters. The molecule has 0 amide bonds. The number of piperidine rings is 1. The molecule has 1 N–H and O–H groups in total. The average Bonchev–Trinajstić information content (AvgIpc) is 2.29. The zero-order valence-electron chi connectivity index (χ0n) is 10.5. The van der Waals surface area contributed by atoms with Gasteiger partial charge in [-0.15, -0.1) is 0 Å². The lowest BCUT2D eigenvalue weighted by Gasteiger charge is -2.36. The molecule has 1 aliphatic rings. The second kappa shape index (κ2) is 4.88. The zero-order valence-corrected chi connectivity index (χ0v) is 10.5. The molecule has 0 aromatic heterocycles. The molecule has 0 aliphatic carbocycles. The summed E-state index contributed by atoms with van der Waals surface area (Å²) in [4.78, 5) is 2.40. The Kier molecular flexibility index (Phi) is 3.49. The minimum Gasteiger partial charge on any atom is -0.370 e. The van der Waals surface area contributed by atoms with E-state index in [9.17, 15) is 0 Å². The van der Waals surface area contributed by atoms with Gasteiger partial charge in [-0.25, -0.2) is 0 Å². The first-order valence-electron chi connectivity index (χ1n) is 6.17. The van der Waals surface area contributed by atoms with Gasteiger partial charge in [0.2, 0.25) is 0 Å². The van der Waals surface area contributed by atoms with Crippen molar-refractivity contribution in [3.8, 4) is 0 Å². The van der Waals surface area contributed by atoms with Gasteiger partial charge in [-0.3, -0.25) is 0 Å². The fraction of sp³-hybridized carbons (Fsp3) is 0.571. The third-order valence-corrected chi connectivity index (χ3v) is 3.54. The van der Waals surface area contributed by atoms with Crippen LogP contribution >= 0.6 is 0 Å². The molecule has 1 heterocycles. The average molecular weight is 218 g/mol. The number of nitrogens with zero attached hydrogens (tertiary/aromatic N) is 1. The Balaban J connectivity index is 2.06. The van der Waals surface area contributed by atoms with Crippen molar-refractivity contribution in [2.24, 2.45) is 5.92 Å². The van der Waals surface area contributed by atoms with Gasteiger partial charge in [0.05, 0.1) is 0 Å². The number of hydrogen-bond donors (Lipinski definition) is 1. The molecule has 2 atom stereocenters. The summed E-state index contributed by atoms with van der Waals surface area (Å²) in [5.74, 6) is 0.784. The number of hydrogen-bond acceptors (Lipinski definition) is 2. The lowest BCUT2D eigenvalue weighted by atomic mass is 9.96. The van der Waals surface area contributed by atoms with Crippen LogP contribution in [0.5, 0.6) is 0 Å². The highest BCUT2D eigenvalue weighted by atomic mass is 15.2. The number of rotatable bonds is 2. The zero-order chi connectivity index (χ0) is 11.5. The van der Waals surface area contributed by atoms with E-state index in [0.717, 1.165) is 19.0 Å². The molecular formula is C14H22N2. The van der Waals surface area contributed by atoms with E-state index in [1.54, 1.807) is 0 Å². The number of anilines is 1. The van der Waals surface area contributed by atoms with E-state index < -0.39 is 0 Å². The van der Waals surface area contributed by atoms with Gasteiger partial charge < -0.3 is 10.2 Å². The van der Waals surface area contributed by atoms with Crippen LogP contribution in [0, 0.1) is 12.8 Å². The van der Waals surface area contributed by atoms with E-state index in [2.05, 4.69) is 55.4 Å². The maximum absolute atomic E-state index is 3.50. The van der Waals surface area contributed by atoms with E-state index >= 15 is 0 Å². The first-order valence-corrected chi connectivity index (χ1v) is 6.17. The molecule has 0 radical (unpaired) electrons. The molecule has 1 aromatic carbocycles. The number of aryl methyl sites for hydroxylation is 1. The molecular weight excluding hydrogens is 196 g/mol. The third kappa shape index (κ3) is 2.56. The van der Waals surface area contributed by atoms with Crippen molar-refractivity contribution in [1.82, 2.24) is 5.32 Å². The van der Waals surface area contributed by atoms with E-state index in [-0.39, 0.29) is 0 Å². The van der Waals surface area contributed by atoms with Crippen LogP contribution in [0.2, 0.25) is 0 Å². The lowest BCUT2D eigenvalue weighted by molar-refractivity contribution is 0.355. The first-order chi connectivity index (χ1) is 7.66. The van der Waals surface area contributed by atoms with Gasteiger partial charge in [-0.05, 0) is 37.9 Å². The topological polar surface area (TPSA) is 15.3 Å². The molecule has 1 saturated heterocycles. The quantitative estimate of drug-likeness (QED) is 0.820. The van der Waals surface area contributed by atoms with Crippen LogP contribution in [0.4, 0.5) is 5.69 Å². The Bertz CT molecular complexity index is 331. The van der Waals surface area contributed by atoms with Crippen LogP contribution in [0.3, 0.4) is 0 Å². The van der Waals surface area contributed by atoms with Gasteiger partial charge in [0.25, 0.3) is 0 Å². The summed E-state index contributed by atoms with van der Waals surface area (Å²) in [5, 5.41) is 3.50. The third-order valence-electron chi connectivity index (χ3n) is 3.54. The second-order valence-corrected chi connectivity index (χ2v) is 5.10. The van der Waals surface area contributed by atoms with E-state index in [0.29, 0.717) is 6.04 Å². The smallest absolute Gasteiger partial charge is 0.0414 e. The van der Waals surface area contributed by atoms with Crippen LogP contribution in [-0.2, 0) is 0 Å². The van der Waals surface area contributed by atoms with Gasteiger partial charge in [0, 0.05) is 25.3 Å². The Morgan fingerprint density at radius 3 is 2.50 bits per heavy atom. The summed E-state index contributed by atoms with van der Waals surface area (Å²) in [5.41, 5.74) is 2.65. The standard InChI is InChI=1S/C14H22N2/c1-11-4-6-13(7-5-11)16(3)14-8-12(2)9-15-10-14/h4-7,12,14-15H,8-10H2,1-3H3. The number of benzene rings is 1. The molecule has 2 nitrogen and oxygen atoms in total. The fourth-order valence-electron chi connectivity index (χ4n) is 2.41. The van der Waals surface area contributed by atoms with Gasteiger partial charge in [0.15, 0.2) is 0 Å². The Hall–Kier alpha value is -1.02. The van der Waals surface area contributed by atoms with E-state index in [1.807, 2.05) is 0 Å². The molecule has 1 aromatic rings. The minimum absolute atomic E-state index is 0.631. The normalized spacial score (nSPS) is 25.4. The maximum atomic E-state index is 3.50. The summed E-state index contributed by atoms with van der Waals surface area (Å²) in [7, 11) is 2.20. The summed E-state index contributed by atoms with van der Waals surface area (Å²) in [6, 6.07) is 9.44. The molecule has 0 saturated carbocycles. The van der Waals surface area contributed by atoms with Crippen molar-refractivity contribution in [2.75, 3.05) is 25.0 Å². The van der Waals surface area contributed by atoms with Crippen molar-refractivity contribution < 1.29 is 0 Å². The van der Waals surface area contributed by atoms with Gasteiger partial charge >= 0.3 is 0 Å². The highest BCUT2D eigenvalue weighted by Gasteiger charge is 2.22. The van der Waals surface area contributed by atoms with Crippen LogP contribution in [-0.4, -0.2) is 26.2 Å². The molecule has 88 valence electrons. The van der Waals surface area contributed by atoms with Crippen molar-refractivity contribution in [1.29, 1.82) is 0 Å². The first kappa shape index (κ1) is 11.5. The fourth-order valence-corrected chi connectivity index (χ4v) is 2.41. The Morgan fingerprint density at radius 1 is 1.19 bits per heavy atom. The molecule has 0 spiro atoms.